The molecule has 3 rings (SSSR count). The van der Waals surface area contributed by atoms with E-state index < -0.39 is 0 Å². The van der Waals surface area contributed by atoms with Crippen LogP contribution in [0.5, 0.6) is 0 Å². The van der Waals surface area contributed by atoms with Gasteiger partial charge in [-0.05, 0) is 5.56 Å². The highest BCUT2D eigenvalue weighted by molar-refractivity contribution is 7.99. The van der Waals surface area contributed by atoms with Gasteiger partial charge in [-0.1, -0.05) is 41.7 Å². The molecule has 2 heterocycles. The number of anilines is 1. The molecule has 21 heavy (non-hydrogen) atoms. The van der Waals surface area contributed by atoms with Gasteiger partial charge in [0, 0.05) is 36.7 Å². The summed E-state index contributed by atoms with van der Waals surface area (Å²) in [7, 11) is 0. The third-order valence-electron chi connectivity index (χ3n) is 3.24. The van der Waals surface area contributed by atoms with E-state index in [9.17, 15) is 4.79 Å². The molecule has 1 aromatic carbocycles. The van der Waals surface area contributed by atoms with Crippen LogP contribution in [0.4, 0.5) is 5.13 Å². The van der Waals surface area contributed by atoms with Crippen molar-refractivity contribution < 1.29 is 4.79 Å². The van der Waals surface area contributed by atoms with Crippen molar-refractivity contribution in [1.29, 1.82) is 0 Å². The number of aromatic nitrogens is 1. The minimum Gasteiger partial charge on any atom is -0.312 e. The highest BCUT2D eigenvalue weighted by atomic mass is 32.2. The van der Waals surface area contributed by atoms with Crippen molar-refractivity contribution in [3.8, 4) is 10.4 Å². The number of carbonyl (C=O) groups excluding carboxylic acids is 1. The second-order valence-corrected chi connectivity index (χ2v) is 7.05. The largest absolute Gasteiger partial charge is 0.312 e. The Kier molecular flexibility index (Phi) is 4.90. The van der Waals surface area contributed by atoms with Gasteiger partial charge in [0.05, 0.1) is 4.88 Å². The van der Waals surface area contributed by atoms with Gasteiger partial charge >= 0.3 is 0 Å². The lowest BCUT2D eigenvalue weighted by molar-refractivity contribution is -0.116. The Morgan fingerprint density at radius 2 is 2.24 bits per heavy atom. The maximum absolute atomic E-state index is 12.0. The molecule has 0 aliphatic carbocycles. The molecular formula is C15H17N3OS2. The number of rotatable bonds is 4. The number of nitrogens with one attached hydrogen (secondary N) is 2. The minimum absolute atomic E-state index is 0.0314. The maximum atomic E-state index is 12.0. The Balaban J connectivity index is 1.58. The quantitative estimate of drug-likeness (QED) is 0.910. The number of nitrogens with zero attached hydrogens (tertiary/aromatic N) is 1. The zero-order valence-electron chi connectivity index (χ0n) is 11.5. The van der Waals surface area contributed by atoms with Crippen molar-refractivity contribution in [3.63, 3.8) is 0 Å². The van der Waals surface area contributed by atoms with E-state index in [4.69, 9.17) is 0 Å². The first-order valence-electron chi connectivity index (χ1n) is 6.93. The Morgan fingerprint density at radius 3 is 3.00 bits per heavy atom. The molecule has 1 aromatic heterocycles. The van der Waals surface area contributed by atoms with Gasteiger partial charge in [0.15, 0.2) is 5.13 Å². The highest BCUT2D eigenvalue weighted by Crippen LogP contribution is 2.28. The lowest BCUT2D eigenvalue weighted by atomic mass is 10.2. The van der Waals surface area contributed by atoms with Crippen molar-refractivity contribution in [2.24, 2.45) is 0 Å². The average molecular weight is 319 g/mol. The summed E-state index contributed by atoms with van der Waals surface area (Å²) >= 11 is 3.40. The fraction of sp³-hybridized carbons (Fsp3) is 0.333. The van der Waals surface area contributed by atoms with Crippen LogP contribution in [0.3, 0.4) is 0 Å². The van der Waals surface area contributed by atoms with Gasteiger partial charge in [-0.2, -0.15) is 11.8 Å². The maximum Gasteiger partial charge on any atom is 0.227 e. The first-order valence-corrected chi connectivity index (χ1v) is 8.90. The summed E-state index contributed by atoms with van der Waals surface area (Å²) in [6.07, 6.45) is 2.32. The molecule has 4 nitrogen and oxygen atoms in total. The number of benzene rings is 1. The minimum atomic E-state index is 0.0314. The number of thiazole rings is 1. The standard InChI is InChI=1S/C15H17N3OS2/c19-14(8-12-10-20-7-6-16-12)18-15-17-9-13(21-15)11-4-2-1-3-5-11/h1-5,9,12,16H,6-8,10H2,(H,17,18,19). The van der Waals surface area contributed by atoms with Crippen LogP contribution in [0.15, 0.2) is 36.5 Å². The molecule has 1 aliphatic rings. The van der Waals surface area contributed by atoms with Gasteiger partial charge in [-0.15, -0.1) is 0 Å². The molecule has 1 saturated heterocycles. The number of carbonyl (C=O) groups is 1. The summed E-state index contributed by atoms with van der Waals surface area (Å²) in [5.74, 6) is 2.16. The van der Waals surface area contributed by atoms with Crippen LogP contribution in [-0.2, 0) is 4.79 Å². The Morgan fingerprint density at radius 1 is 1.38 bits per heavy atom. The van der Waals surface area contributed by atoms with E-state index in [2.05, 4.69) is 15.6 Å². The number of thioether (sulfide) groups is 1. The molecule has 1 amide bonds. The van der Waals surface area contributed by atoms with Crippen molar-refractivity contribution in [3.05, 3.63) is 36.5 Å². The van der Waals surface area contributed by atoms with Crippen LogP contribution < -0.4 is 10.6 Å². The second-order valence-electron chi connectivity index (χ2n) is 4.87. The summed E-state index contributed by atoms with van der Waals surface area (Å²) in [6, 6.07) is 10.4. The lowest BCUT2D eigenvalue weighted by Gasteiger charge is -2.22. The Bertz CT molecular complexity index is 594. The number of amides is 1. The van der Waals surface area contributed by atoms with E-state index >= 15 is 0 Å². The van der Waals surface area contributed by atoms with Gasteiger partial charge in [0.1, 0.15) is 0 Å². The molecule has 110 valence electrons. The van der Waals surface area contributed by atoms with Crippen LogP contribution in [0, 0.1) is 0 Å². The Hall–Kier alpha value is -1.37. The Labute approximate surface area is 132 Å². The predicted molar refractivity (Wildman–Crippen MR) is 89.9 cm³/mol. The molecule has 2 aromatic rings. The van der Waals surface area contributed by atoms with Crippen molar-refractivity contribution in [2.45, 2.75) is 12.5 Å². The van der Waals surface area contributed by atoms with E-state index in [1.807, 2.05) is 48.3 Å². The van der Waals surface area contributed by atoms with E-state index in [1.54, 1.807) is 0 Å². The number of hydrogen-bond donors (Lipinski definition) is 2. The molecule has 0 saturated carbocycles. The van der Waals surface area contributed by atoms with Gasteiger partial charge in [0.2, 0.25) is 5.91 Å². The van der Waals surface area contributed by atoms with Crippen molar-refractivity contribution in [2.75, 3.05) is 23.4 Å². The fourth-order valence-electron chi connectivity index (χ4n) is 2.21. The molecule has 1 aliphatic heterocycles. The average Bonchev–Trinajstić information content (AvgIpc) is 2.97. The lowest BCUT2D eigenvalue weighted by Crippen LogP contribution is -2.39. The van der Waals surface area contributed by atoms with Gasteiger partial charge < -0.3 is 10.6 Å². The first kappa shape index (κ1) is 14.6. The topological polar surface area (TPSA) is 54.0 Å². The van der Waals surface area contributed by atoms with E-state index in [-0.39, 0.29) is 11.9 Å². The molecule has 2 N–H and O–H groups in total. The first-order chi connectivity index (χ1) is 10.3. The number of hydrogen-bond acceptors (Lipinski definition) is 5. The van der Waals surface area contributed by atoms with E-state index in [0.29, 0.717) is 11.6 Å². The van der Waals surface area contributed by atoms with Crippen molar-refractivity contribution >= 4 is 34.1 Å². The van der Waals surface area contributed by atoms with Gasteiger partial charge in [-0.25, -0.2) is 4.98 Å². The molecule has 0 radical (unpaired) electrons. The van der Waals surface area contributed by atoms with Crippen LogP contribution in [0.25, 0.3) is 10.4 Å². The molecule has 0 bridgehead atoms. The SMILES string of the molecule is O=C(CC1CSCCN1)Nc1ncc(-c2ccccc2)s1. The van der Waals surface area contributed by atoms with Crippen LogP contribution >= 0.6 is 23.1 Å². The van der Waals surface area contributed by atoms with Gasteiger partial charge in [-0.3, -0.25) is 4.79 Å². The normalized spacial score (nSPS) is 18.4. The highest BCUT2D eigenvalue weighted by Gasteiger charge is 2.17. The van der Waals surface area contributed by atoms with E-state index in [0.717, 1.165) is 28.5 Å². The molecule has 0 spiro atoms. The molecule has 6 heteroatoms. The van der Waals surface area contributed by atoms with Crippen LogP contribution in [0.2, 0.25) is 0 Å². The molecule has 1 atom stereocenters. The monoisotopic (exact) mass is 319 g/mol. The second kappa shape index (κ2) is 7.06. The summed E-state index contributed by atoms with van der Waals surface area (Å²) in [5.41, 5.74) is 1.13. The molecule has 1 unspecified atom stereocenters. The predicted octanol–water partition coefficient (Wildman–Crippen LogP) is 2.84. The third-order valence-corrected chi connectivity index (χ3v) is 5.33. The summed E-state index contributed by atoms with van der Waals surface area (Å²) in [5, 5.41) is 6.94. The third kappa shape index (κ3) is 4.06. The summed E-state index contributed by atoms with van der Waals surface area (Å²) in [6.45, 7) is 0.984. The van der Waals surface area contributed by atoms with Crippen LogP contribution in [0.1, 0.15) is 6.42 Å². The van der Waals surface area contributed by atoms with Crippen molar-refractivity contribution in [1.82, 2.24) is 10.3 Å². The molecule has 1 fully saturated rings. The fourth-order valence-corrected chi connectivity index (χ4v) is 4.00. The summed E-state index contributed by atoms with van der Waals surface area (Å²) in [4.78, 5) is 17.4. The van der Waals surface area contributed by atoms with Gasteiger partial charge in [0.25, 0.3) is 0 Å². The van der Waals surface area contributed by atoms with E-state index in [1.165, 1.54) is 11.3 Å². The molecular weight excluding hydrogens is 302 g/mol. The smallest absolute Gasteiger partial charge is 0.227 e. The summed E-state index contributed by atoms with van der Waals surface area (Å²) < 4.78 is 0. The van der Waals surface area contributed by atoms with Crippen LogP contribution in [-0.4, -0.2) is 35.0 Å². The zero-order chi connectivity index (χ0) is 14.5. The zero-order valence-corrected chi connectivity index (χ0v) is 13.2.